The van der Waals surface area contributed by atoms with E-state index in [2.05, 4.69) is 22.0 Å². The molecular weight excluding hydrogens is 260 g/mol. The summed E-state index contributed by atoms with van der Waals surface area (Å²) < 4.78 is 2.03. The van der Waals surface area contributed by atoms with Crippen LogP contribution in [0.5, 0.6) is 0 Å². The van der Waals surface area contributed by atoms with Gasteiger partial charge in [-0.3, -0.25) is 0 Å². The molecule has 1 aromatic heterocycles. The van der Waals surface area contributed by atoms with Crippen molar-refractivity contribution < 1.29 is 0 Å². The van der Waals surface area contributed by atoms with E-state index < -0.39 is 0 Å². The van der Waals surface area contributed by atoms with Crippen LogP contribution in [0.4, 0.5) is 5.69 Å². The van der Waals surface area contributed by atoms with Crippen molar-refractivity contribution in [2.45, 2.75) is 6.42 Å². The summed E-state index contributed by atoms with van der Waals surface area (Å²) in [5, 5.41) is 11.7. The van der Waals surface area contributed by atoms with Gasteiger partial charge in [0.25, 0.3) is 0 Å². The molecule has 0 aliphatic heterocycles. The molecule has 0 aliphatic carbocycles. The van der Waals surface area contributed by atoms with Crippen LogP contribution in [0.15, 0.2) is 22.0 Å². The molecule has 0 radical (unpaired) electrons. The van der Waals surface area contributed by atoms with Crippen molar-refractivity contribution in [1.82, 2.24) is 0 Å². The number of nitrogen functional groups attached to an aromatic ring is 1. The minimum absolute atomic E-state index is 0.440. The molecule has 0 bridgehead atoms. The molecule has 0 fully saturated rings. The summed E-state index contributed by atoms with van der Waals surface area (Å²) in [6, 6.07) is 6.04. The van der Waals surface area contributed by atoms with Gasteiger partial charge in [0.1, 0.15) is 0 Å². The van der Waals surface area contributed by atoms with Gasteiger partial charge in [0, 0.05) is 4.47 Å². The zero-order chi connectivity index (χ0) is 10.1. The number of rotatable bonds is 1. The third-order valence-corrected chi connectivity index (χ3v) is 3.57. The molecule has 2 aromatic rings. The van der Waals surface area contributed by atoms with Crippen LogP contribution in [0.1, 0.15) is 5.56 Å². The van der Waals surface area contributed by atoms with Crippen molar-refractivity contribution in [2.75, 3.05) is 5.73 Å². The van der Waals surface area contributed by atoms with E-state index in [1.165, 1.54) is 0 Å². The second kappa shape index (κ2) is 3.60. The molecule has 0 aliphatic rings. The van der Waals surface area contributed by atoms with Gasteiger partial charge in [0.05, 0.1) is 22.9 Å². The number of hydrogen-bond acceptors (Lipinski definition) is 3. The van der Waals surface area contributed by atoms with E-state index >= 15 is 0 Å². The lowest BCUT2D eigenvalue weighted by Gasteiger charge is -1.98. The quantitative estimate of drug-likeness (QED) is 0.806. The van der Waals surface area contributed by atoms with Crippen LogP contribution >= 0.6 is 27.3 Å². The van der Waals surface area contributed by atoms with Crippen LogP contribution in [-0.4, -0.2) is 0 Å². The number of hydrogen-bond donors (Lipinski definition) is 1. The first kappa shape index (κ1) is 9.50. The fourth-order valence-electron chi connectivity index (χ4n) is 1.40. The van der Waals surface area contributed by atoms with Gasteiger partial charge in [0.15, 0.2) is 0 Å². The monoisotopic (exact) mass is 266 g/mol. The van der Waals surface area contributed by atoms with E-state index in [-0.39, 0.29) is 0 Å². The summed E-state index contributed by atoms with van der Waals surface area (Å²) in [6.45, 7) is 0. The maximum atomic E-state index is 8.65. The molecule has 0 spiro atoms. The largest absolute Gasteiger partial charge is 0.398 e. The highest BCUT2D eigenvalue weighted by Crippen LogP contribution is 2.33. The smallest absolute Gasteiger partial charge is 0.0670 e. The van der Waals surface area contributed by atoms with Crippen LogP contribution < -0.4 is 5.73 Å². The molecule has 2 nitrogen and oxygen atoms in total. The summed E-state index contributed by atoms with van der Waals surface area (Å²) in [5.41, 5.74) is 7.69. The van der Waals surface area contributed by atoms with Crippen LogP contribution in [0.25, 0.3) is 10.1 Å². The van der Waals surface area contributed by atoms with Gasteiger partial charge in [-0.15, -0.1) is 11.3 Å². The lowest BCUT2D eigenvalue weighted by molar-refractivity contribution is 1.30. The van der Waals surface area contributed by atoms with Gasteiger partial charge in [0.2, 0.25) is 0 Å². The third-order valence-electron chi connectivity index (χ3n) is 2.02. The topological polar surface area (TPSA) is 49.8 Å². The summed E-state index contributed by atoms with van der Waals surface area (Å²) in [7, 11) is 0. The van der Waals surface area contributed by atoms with Gasteiger partial charge in [-0.25, -0.2) is 0 Å². The number of nitrogens with two attached hydrogens (primary N) is 1. The van der Waals surface area contributed by atoms with Crippen molar-refractivity contribution in [3.8, 4) is 6.07 Å². The summed E-state index contributed by atoms with van der Waals surface area (Å²) >= 11 is 4.99. The Bertz CT molecular complexity index is 525. The maximum Gasteiger partial charge on any atom is 0.0670 e. The van der Waals surface area contributed by atoms with Gasteiger partial charge >= 0.3 is 0 Å². The van der Waals surface area contributed by atoms with Crippen molar-refractivity contribution >= 4 is 43.0 Å². The predicted octanol–water partition coefficient (Wildman–Crippen LogP) is 3.31. The Hall–Kier alpha value is -1.05. The van der Waals surface area contributed by atoms with Crippen molar-refractivity contribution in [3.63, 3.8) is 0 Å². The first-order valence-corrected chi connectivity index (χ1v) is 5.71. The Morgan fingerprint density at radius 2 is 2.29 bits per heavy atom. The average Bonchev–Trinajstić information content (AvgIpc) is 2.49. The van der Waals surface area contributed by atoms with Crippen molar-refractivity contribution in [3.05, 3.63) is 27.5 Å². The number of nitrogens with zero attached hydrogens (tertiary/aromatic N) is 1. The minimum atomic E-state index is 0.440. The molecule has 70 valence electrons. The highest BCUT2D eigenvalue weighted by Gasteiger charge is 2.07. The number of halogens is 1. The molecule has 2 rings (SSSR count). The van der Waals surface area contributed by atoms with Crippen molar-refractivity contribution in [2.24, 2.45) is 0 Å². The summed E-state index contributed by atoms with van der Waals surface area (Å²) in [5.74, 6) is 0. The van der Waals surface area contributed by atoms with E-state index in [1.807, 2.05) is 17.5 Å². The Labute approximate surface area is 94.1 Å². The molecule has 0 unspecified atom stereocenters. The standard InChI is InChI=1S/C10H7BrN2S/c11-7-3-8-6(1-2-12)5-14-10(8)9(13)4-7/h3-5H,1,13H2. The van der Waals surface area contributed by atoms with Gasteiger partial charge in [-0.1, -0.05) is 15.9 Å². The Kier molecular flexibility index (Phi) is 2.44. The number of anilines is 1. The highest BCUT2D eigenvalue weighted by molar-refractivity contribution is 9.10. The number of fused-ring (bicyclic) bond motifs is 1. The van der Waals surface area contributed by atoms with E-state index in [9.17, 15) is 0 Å². The molecule has 0 saturated carbocycles. The molecule has 0 atom stereocenters. The van der Waals surface area contributed by atoms with E-state index in [0.29, 0.717) is 6.42 Å². The molecule has 4 heteroatoms. The third kappa shape index (κ3) is 1.49. The highest BCUT2D eigenvalue weighted by atomic mass is 79.9. The molecule has 14 heavy (non-hydrogen) atoms. The number of nitriles is 1. The van der Waals surface area contributed by atoms with Crippen molar-refractivity contribution in [1.29, 1.82) is 5.26 Å². The Morgan fingerprint density at radius 3 is 3.00 bits per heavy atom. The second-order valence-corrected chi connectivity index (χ2v) is 4.76. The molecule has 1 heterocycles. The molecule has 1 aromatic carbocycles. The molecular formula is C10H7BrN2S. The van der Waals surface area contributed by atoms with Crippen LogP contribution in [-0.2, 0) is 6.42 Å². The number of thiophene rings is 1. The summed E-state index contributed by atoms with van der Waals surface area (Å²) in [4.78, 5) is 0. The Morgan fingerprint density at radius 1 is 1.50 bits per heavy atom. The van der Waals surface area contributed by atoms with E-state index in [1.54, 1.807) is 11.3 Å². The predicted molar refractivity (Wildman–Crippen MR) is 63.3 cm³/mol. The lowest BCUT2D eigenvalue weighted by Crippen LogP contribution is -1.85. The fraction of sp³-hybridized carbons (Fsp3) is 0.100. The first-order chi connectivity index (χ1) is 6.72. The van der Waals surface area contributed by atoms with Gasteiger partial charge in [-0.05, 0) is 28.5 Å². The maximum absolute atomic E-state index is 8.65. The zero-order valence-corrected chi connectivity index (χ0v) is 9.65. The Balaban J connectivity index is 2.73. The molecule has 2 N–H and O–H groups in total. The van der Waals surface area contributed by atoms with Gasteiger partial charge < -0.3 is 5.73 Å². The lowest BCUT2D eigenvalue weighted by atomic mass is 10.1. The fourth-order valence-corrected chi connectivity index (χ4v) is 2.86. The van der Waals surface area contributed by atoms with Crippen LogP contribution in [0.2, 0.25) is 0 Å². The molecule has 0 amide bonds. The van der Waals surface area contributed by atoms with Crippen LogP contribution in [0.3, 0.4) is 0 Å². The van der Waals surface area contributed by atoms with E-state index in [0.717, 1.165) is 25.8 Å². The number of benzene rings is 1. The van der Waals surface area contributed by atoms with Crippen LogP contribution in [0, 0.1) is 11.3 Å². The van der Waals surface area contributed by atoms with E-state index in [4.69, 9.17) is 11.0 Å². The normalized spacial score (nSPS) is 10.3. The summed E-state index contributed by atoms with van der Waals surface area (Å²) in [6.07, 6.45) is 0.440. The molecule has 0 saturated heterocycles. The zero-order valence-electron chi connectivity index (χ0n) is 7.25. The average molecular weight is 267 g/mol. The first-order valence-electron chi connectivity index (χ1n) is 4.04. The second-order valence-electron chi connectivity index (χ2n) is 2.97. The van der Waals surface area contributed by atoms with Gasteiger partial charge in [-0.2, -0.15) is 5.26 Å². The minimum Gasteiger partial charge on any atom is -0.398 e. The SMILES string of the molecule is N#CCc1csc2c(N)cc(Br)cc12.